The van der Waals surface area contributed by atoms with Gasteiger partial charge in [-0.3, -0.25) is 9.78 Å². The number of hydrogen-bond acceptors (Lipinski definition) is 3. The number of pyridine rings is 1. The number of amides is 1. The molecule has 23 heavy (non-hydrogen) atoms. The van der Waals surface area contributed by atoms with E-state index in [0.29, 0.717) is 5.92 Å². The molecule has 4 nitrogen and oxygen atoms in total. The van der Waals surface area contributed by atoms with E-state index in [4.69, 9.17) is 0 Å². The van der Waals surface area contributed by atoms with Crippen molar-refractivity contribution in [2.45, 2.75) is 13.3 Å². The molecule has 0 radical (unpaired) electrons. The summed E-state index contributed by atoms with van der Waals surface area (Å²) in [7, 11) is 0. The molecule has 1 atom stereocenters. The molecule has 1 aliphatic rings. The number of rotatable bonds is 3. The third-order valence-electron chi connectivity index (χ3n) is 4.39. The molecular weight excluding hydrogens is 286 g/mol. The highest BCUT2D eigenvalue weighted by Crippen LogP contribution is 2.20. The van der Waals surface area contributed by atoms with E-state index in [1.165, 1.54) is 5.69 Å². The first kappa shape index (κ1) is 15.5. The lowest BCUT2D eigenvalue weighted by Gasteiger charge is -2.25. The third kappa shape index (κ3) is 4.09. The van der Waals surface area contributed by atoms with E-state index in [1.807, 2.05) is 29.3 Å². The van der Waals surface area contributed by atoms with Gasteiger partial charge in [0.15, 0.2) is 0 Å². The van der Waals surface area contributed by atoms with Gasteiger partial charge < -0.3 is 9.80 Å². The van der Waals surface area contributed by atoms with Crippen LogP contribution in [0.2, 0.25) is 0 Å². The van der Waals surface area contributed by atoms with E-state index in [9.17, 15) is 4.79 Å². The van der Waals surface area contributed by atoms with E-state index >= 15 is 0 Å². The summed E-state index contributed by atoms with van der Waals surface area (Å²) in [5, 5.41) is 0. The fraction of sp³-hybridized carbons (Fsp3) is 0.368. The van der Waals surface area contributed by atoms with E-state index < -0.39 is 0 Å². The maximum atomic E-state index is 11.9. The predicted octanol–water partition coefficient (Wildman–Crippen LogP) is 2.61. The molecule has 1 aromatic heterocycles. The number of nitrogens with zero attached hydrogens (tertiary/aromatic N) is 3. The van der Waals surface area contributed by atoms with Crippen LogP contribution in [-0.4, -0.2) is 42.0 Å². The van der Waals surface area contributed by atoms with Crippen molar-refractivity contribution in [2.75, 3.05) is 31.1 Å². The molecule has 0 bridgehead atoms. The largest absolute Gasteiger partial charge is 0.369 e. The highest BCUT2D eigenvalue weighted by Gasteiger charge is 2.24. The van der Waals surface area contributed by atoms with Crippen molar-refractivity contribution in [3.63, 3.8) is 0 Å². The van der Waals surface area contributed by atoms with Gasteiger partial charge in [0.25, 0.3) is 0 Å². The summed E-state index contributed by atoms with van der Waals surface area (Å²) in [5.74, 6) is 0.544. The molecule has 120 valence electrons. The number of para-hydroxylation sites is 1. The molecule has 1 aliphatic heterocycles. The SMILES string of the molecule is CC(=O)N1CCN(c2ccccc2)C[C@H](Cc2ccccn2)C1. The fourth-order valence-electron chi connectivity index (χ4n) is 3.21. The van der Waals surface area contributed by atoms with Gasteiger partial charge in [-0.25, -0.2) is 0 Å². The Bertz CT molecular complexity index is 630. The van der Waals surface area contributed by atoms with E-state index in [1.54, 1.807) is 6.92 Å². The minimum atomic E-state index is 0.158. The first-order chi connectivity index (χ1) is 11.2. The van der Waals surface area contributed by atoms with E-state index in [0.717, 1.165) is 38.3 Å². The summed E-state index contributed by atoms with van der Waals surface area (Å²) < 4.78 is 0. The smallest absolute Gasteiger partial charge is 0.219 e. The Morgan fingerprint density at radius 3 is 2.57 bits per heavy atom. The lowest BCUT2D eigenvalue weighted by Crippen LogP contribution is -2.34. The van der Waals surface area contributed by atoms with Crippen molar-refractivity contribution < 1.29 is 4.79 Å². The Kier molecular flexibility index (Phi) is 4.91. The molecule has 1 aromatic carbocycles. The lowest BCUT2D eigenvalue weighted by molar-refractivity contribution is -0.129. The van der Waals surface area contributed by atoms with Crippen LogP contribution < -0.4 is 4.90 Å². The maximum absolute atomic E-state index is 11.9. The number of anilines is 1. The highest BCUT2D eigenvalue weighted by atomic mass is 16.2. The molecule has 1 saturated heterocycles. The van der Waals surface area contributed by atoms with Crippen molar-refractivity contribution in [1.29, 1.82) is 0 Å². The molecule has 1 fully saturated rings. The first-order valence-electron chi connectivity index (χ1n) is 8.18. The molecule has 0 unspecified atom stereocenters. The Balaban J connectivity index is 1.78. The monoisotopic (exact) mass is 309 g/mol. The quantitative estimate of drug-likeness (QED) is 0.874. The highest BCUT2D eigenvalue weighted by molar-refractivity contribution is 5.73. The number of aromatic nitrogens is 1. The van der Waals surface area contributed by atoms with Crippen molar-refractivity contribution in [1.82, 2.24) is 9.88 Å². The molecule has 3 rings (SSSR count). The Hall–Kier alpha value is -2.36. The zero-order valence-electron chi connectivity index (χ0n) is 13.6. The average molecular weight is 309 g/mol. The van der Waals surface area contributed by atoms with Crippen LogP contribution in [0.15, 0.2) is 54.7 Å². The van der Waals surface area contributed by atoms with Crippen molar-refractivity contribution in [3.05, 3.63) is 60.4 Å². The van der Waals surface area contributed by atoms with Gasteiger partial charge >= 0.3 is 0 Å². The van der Waals surface area contributed by atoms with Crippen LogP contribution in [0.3, 0.4) is 0 Å². The van der Waals surface area contributed by atoms with Crippen LogP contribution in [-0.2, 0) is 11.2 Å². The number of carbonyl (C=O) groups excluding carboxylic acids is 1. The van der Waals surface area contributed by atoms with Crippen LogP contribution in [0, 0.1) is 5.92 Å². The summed E-state index contributed by atoms with van der Waals surface area (Å²) in [6, 6.07) is 16.5. The van der Waals surface area contributed by atoms with Gasteiger partial charge in [0, 0.05) is 50.7 Å². The van der Waals surface area contributed by atoms with Gasteiger partial charge in [-0.15, -0.1) is 0 Å². The molecule has 2 heterocycles. The van der Waals surface area contributed by atoms with Gasteiger partial charge in [0.05, 0.1) is 0 Å². The second-order valence-electron chi connectivity index (χ2n) is 6.14. The van der Waals surface area contributed by atoms with Crippen LogP contribution >= 0.6 is 0 Å². The van der Waals surface area contributed by atoms with Gasteiger partial charge in [-0.05, 0) is 36.6 Å². The molecule has 0 N–H and O–H groups in total. The number of hydrogen-bond donors (Lipinski definition) is 0. The first-order valence-corrected chi connectivity index (χ1v) is 8.18. The second-order valence-corrected chi connectivity index (χ2v) is 6.14. The Labute approximate surface area is 137 Å². The summed E-state index contributed by atoms with van der Waals surface area (Å²) in [6.45, 7) is 5.07. The molecule has 4 heteroatoms. The van der Waals surface area contributed by atoms with Gasteiger partial charge in [0.1, 0.15) is 0 Å². The zero-order chi connectivity index (χ0) is 16.1. The maximum Gasteiger partial charge on any atom is 0.219 e. The van der Waals surface area contributed by atoms with Crippen molar-refractivity contribution in [2.24, 2.45) is 5.92 Å². The zero-order valence-corrected chi connectivity index (χ0v) is 13.6. The van der Waals surface area contributed by atoms with E-state index in [-0.39, 0.29) is 5.91 Å². The van der Waals surface area contributed by atoms with Crippen LogP contribution in [0.4, 0.5) is 5.69 Å². The van der Waals surface area contributed by atoms with Gasteiger partial charge in [0.2, 0.25) is 5.91 Å². The Morgan fingerprint density at radius 1 is 1.09 bits per heavy atom. The summed E-state index contributed by atoms with van der Waals surface area (Å²) >= 11 is 0. The predicted molar refractivity (Wildman–Crippen MR) is 92.3 cm³/mol. The number of carbonyl (C=O) groups is 1. The second kappa shape index (κ2) is 7.27. The van der Waals surface area contributed by atoms with Crippen molar-refractivity contribution >= 4 is 11.6 Å². The molecule has 2 aromatic rings. The van der Waals surface area contributed by atoms with Crippen LogP contribution in [0.25, 0.3) is 0 Å². The van der Waals surface area contributed by atoms with Crippen LogP contribution in [0.1, 0.15) is 12.6 Å². The normalized spacial score (nSPS) is 18.6. The Morgan fingerprint density at radius 2 is 1.87 bits per heavy atom. The minimum absolute atomic E-state index is 0.158. The summed E-state index contributed by atoms with van der Waals surface area (Å²) in [6.07, 6.45) is 2.73. The summed E-state index contributed by atoms with van der Waals surface area (Å²) in [5.41, 5.74) is 2.32. The van der Waals surface area contributed by atoms with Gasteiger partial charge in [-0.1, -0.05) is 24.3 Å². The average Bonchev–Trinajstić information content (AvgIpc) is 2.79. The number of benzene rings is 1. The standard InChI is InChI=1S/C19H23N3O/c1-16(23)21-11-12-22(19-8-3-2-4-9-19)15-17(14-21)13-18-7-5-6-10-20-18/h2-10,17H,11-15H2,1H3/t17-/m1/s1. The molecular formula is C19H23N3O. The van der Waals surface area contributed by atoms with Crippen molar-refractivity contribution in [3.8, 4) is 0 Å². The topological polar surface area (TPSA) is 36.4 Å². The van der Waals surface area contributed by atoms with Gasteiger partial charge in [-0.2, -0.15) is 0 Å². The molecule has 0 aliphatic carbocycles. The molecule has 0 spiro atoms. The minimum Gasteiger partial charge on any atom is -0.369 e. The lowest BCUT2D eigenvalue weighted by atomic mass is 10.0. The third-order valence-corrected chi connectivity index (χ3v) is 4.39. The molecule has 1 amide bonds. The van der Waals surface area contributed by atoms with E-state index in [2.05, 4.69) is 40.2 Å². The van der Waals surface area contributed by atoms with Crippen LogP contribution in [0.5, 0.6) is 0 Å². The fourth-order valence-corrected chi connectivity index (χ4v) is 3.21. The molecule has 0 saturated carbocycles. The summed E-state index contributed by atoms with van der Waals surface area (Å²) in [4.78, 5) is 20.7.